The smallest absolute Gasteiger partial charge is 0.0454 e. The molecule has 0 bridgehead atoms. The van der Waals surface area contributed by atoms with Crippen molar-refractivity contribution in [2.45, 2.75) is 25.8 Å². The molecule has 1 aliphatic carbocycles. The summed E-state index contributed by atoms with van der Waals surface area (Å²) >= 11 is 12.1. The highest BCUT2D eigenvalue weighted by atomic mass is 35.5. The highest BCUT2D eigenvalue weighted by Crippen LogP contribution is 2.30. The molecule has 1 fully saturated rings. The lowest BCUT2D eigenvalue weighted by atomic mass is 10.1. The summed E-state index contributed by atoms with van der Waals surface area (Å²) in [5.74, 6) is 0.880. The van der Waals surface area contributed by atoms with E-state index >= 15 is 0 Å². The predicted octanol–water partition coefficient (Wildman–Crippen LogP) is 4.05. The van der Waals surface area contributed by atoms with Gasteiger partial charge in [-0.1, -0.05) is 23.2 Å². The molecule has 0 spiro atoms. The number of halogens is 2. The molecule has 2 rings (SSSR count). The molecule has 1 aromatic rings. The molecule has 1 aliphatic rings. The average molecular weight is 244 g/mol. The van der Waals surface area contributed by atoms with E-state index in [1.165, 1.54) is 12.8 Å². The standard InChI is InChI=1S/C12H15Cl2N/c1-8(15-7-9-2-3-9)11-6-10(13)4-5-12(11)14/h4-6,8-9,15H,2-3,7H2,1H3. The molecule has 1 unspecified atom stereocenters. The minimum absolute atomic E-state index is 0.275. The highest BCUT2D eigenvalue weighted by Gasteiger charge is 2.22. The minimum Gasteiger partial charge on any atom is -0.310 e. The van der Waals surface area contributed by atoms with E-state index in [4.69, 9.17) is 23.2 Å². The monoisotopic (exact) mass is 243 g/mol. The van der Waals surface area contributed by atoms with Gasteiger partial charge in [0.25, 0.3) is 0 Å². The van der Waals surface area contributed by atoms with E-state index in [-0.39, 0.29) is 6.04 Å². The number of benzene rings is 1. The van der Waals surface area contributed by atoms with Gasteiger partial charge in [-0.2, -0.15) is 0 Å². The second kappa shape index (κ2) is 4.73. The molecule has 15 heavy (non-hydrogen) atoms. The van der Waals surface area contributed by atoms with E-state index < -0.39 is 0 Å². The molecule has 82 valence electrons. The summed E-state index contributed by atoms with van der Waals surface area (Å²) in [6.45, 7) is 3.21. The second-order valence-corrected chi connectivity index (χ2v) is 5.08. The lowest BCUT2D eigenvalue weighted by Crippen LogP contribution is -2.21. The molecule has 0 radical (unpaired) electrons. The van der Waals surface area contributed by atoms with Gasteiger partial charge in [0.2, 0.25) is 0 Å². The Morgan fingerprint density at radius 1 is 1.40 bits per heavy atom. The quantitative estimate of drug-likeness (QED) is 0.842. The van der Waals surface area contributed by atoms with Gasteiger partial charge in [-0.25, -0.2) is 0 Å². The van der Waals surface area contributed by atoms with Gasteiger partial charge in [0.15, 0.2) is 0 Å². The summed E-state index contributed by atoms with van der Waals surface area (Å²) < 4.78 is 0. The molecule has 1 nitrogen and oxygen atoms in total. The van der Waals surface area contributed by atoms with Crippen LogP contribution in [0.25, 0.3) is 0 Å². The Morgan fingerprint density at radius 3 is 2.80 bits per heavy atom. The van der Waals surface area contributed by atoms with E-state index in [2.05, 4.69) is 12.2 Å². The van der Waals surface area contributed by atoms with E-state index in [0.29, 0.717) is 0 Å². The summed E-state index contributed by atoms with van der Waals surface area (Å²) in [6.07, 6.45) is 2.73. The van der Waals surface area contributed by atoms with Crippen LogP contribution in [0.2, 0.25) is 10.0 Å². The maximum Gasteiger partial charge on any atom is 0.0454 e. The van der Waals surface area contributed by atoms with Crippen LogP contribution in [0.5, 0.6) is 0 Å². The fraction of sp³-hybridized carbons (Fsp3) is 0.500. The Bertz CT molecular complexity index is 347. The summed E-state index contributed by atoms with van der Waals surface area (Å²) in [5, 5.41) is 5.02. The fourth-order valence-corrected chi connectivity index (χ4v) is 2.08. The summed E-state index contributed by atoms with van der Waals surface area (Å²) in [7, 11) is 0. The SMILES string of the molecule is CC(NCC1CC1)c1cc(Cl)ccc1Cl. The second-order valence-electron chi connectivity index (χ2n) is 4.24. The van der Waals surface area contributed by atoms with Crippen molar-refractivity contribution in [3.63, 3.8) is 0 Å². The van der Waals surface area contributed by atoms with E-state index in [0.717, 1.165) is 28.1 Å². The van der Waals surface area contributed by atoms with Crippen molar-refractivity contribution in [1.82, 2.24) is 5.32 Å². The van der Waals surface area contributed by atoms with Crippen LogP contribution in [0.4, 0.5) is 0 Å². The topological polar surface area (TPSA) is 12.0 Å². The molecule has 0 aliphatic heterocycles. The van der Waals surface area contributed by atoms with Crippen molar-refractivity contribution in [2.75, 3.05) is 6.54 Å². The van der Waals surface area contributed by atoms with Crippen molar-refractivity contribution >= 4 is 23.2 Å². The van der Waals surface area contributed by atoms with Crippen LogP contribution >= 0.6 is 23.2 Å². The van der Waals surface area contributed by atoms with Gasteiger partial charge in [-0.3, -0.25) is 0 Å². The lowest BCUT2D eigenvalue weighted by molar-refractivity contribution is 0.549. The Hall–Kier alpha value is -0.240. The fourth-order valence-electron chi connectivity index (χ4n) is 1.62. The maximum atomic E-state index is 6.12. The molecule has 0 heterocycles. The van der Waals surface area contributed by atoms with Crippen LogP contribution in [-0.4, -0.2) is 6.54 Å². The van der Waals surface area contributed by atoms with E-state index in [1.54, 1.807) is 0 Å². The van der Waals surface area contributed by atoms with Crippen LogP contribution in [0.3, 0.4) is 0 Å². The van der Waals surface area contributed by atoms with E-state index in [1.807, 2.05) is 18.2 Å². The summed E-state index contributed by atoms with van der Waals surface area (Å²) in [6, 6.07) is 5.89. The van der Waals surface area contributed by atoms with Gasteiger partial charge in [0, 0.05) is 16.1 Å². The number of hydrogen-bond acceptors (Lipinski definition) is 1. The summed E-state index contributed by atoms with van der Waals surface area (Å²) in [5.41, 5.74) is 1.09. The zero-order valence-electron chi connectivity index (χ0n) is 8.76. The van der Waals surface area contributed by atoms with Crippen molar-refractivity contribution < 1.29 is 0 Å². The van der Waals surface area contributed by atoms with Crippen molar-refractivity contribution in [2.24, 2.45) is 5.92 Å². The van der Waals surface area contributed by atoms with Crippen molar-refractivity contribution in [3.05, 3.63) is 33.8 Å². The molecule has 0 amide bonds. The number of rotatable bonds is 4. The first-order chi connectivity index (χ1) is 7.16. The third-order valence-electron chi connectivity index (χ3n) is 2.83. The number of nitrogens with one attached hydrogen (secondary N) is 1. The van der Waals surface area contributed by atoms with Crippen molar-refractivity contribution in [3.8, 4) is 0 Å². The normalized spacial score (nSPS) is 17.8. The lowest BCUT2D eigenvalue weighted by Gasteiger charge is -2.15. The molecule has 3 heteroatoms. The van der Waals surface area contributed by atoms with Crippen LogP contribution < -0.4 is 5.32 Å². The molecule has 0 aromatic heterocycles. The van der Waals surface area contributed by atoms with Gasteiger partial charge in [-0.05, 0) is 56.0 Å². The summed E-state index contributed by atoms with van der Waals surface area (Å²) in [4.78, 5) is 0. The van der Waals surface area contributed by atoms with Crippen molar-refractivity contribution in [1.29, 1.82) is 0 Å². The van der Waals surface area contributed by atoms with Crippen LogP contribution in [0, 0.1) is 5.92 Å². The molecular formula is C12H15Cl2N. The van der Waals surface area contributed by atoms with Gasteiger partial charge in [0.05, 0.1) is 0 Å². The minimum atomic E-state index is 0.275. The Morgan fingerprint density at radius 2 is 2.13 bits per heavy atom. The first-order valence-corrected chi connectivity index (χ1v) is 6.10. The van der Waals surface area contributed by atoms with Gasteiger partial charge in [0.1, 0.15) is 0 Å². The first kappa shape index (κ1) is 11.3. The van der Waals surface area contributed by atoms with Crippen LogP contribution in [0.15, 0.2) is 18.2 Å². The molecule has 1 atom stereocenters. The van der Waals surface area contributed by atoms with Gasteiger partial charge >= 0.3 is 0 Å². The average Bonchev–Trinajstić information content (AvgIpc) is 3.02. The zero-order valence-corrected chi connectivity index (χ0v) is 10.3. The Balaban J connectivity index is 2.02. The largest absolute Gasteiger partial charge is 0.310 e. The molecule has 1 saturated carbocycles. The number of hydrogen-bond donors (Lipinski definition) is 1. The third-order valence-corrected chi connectivity index (χ3v) is 3.41. The van der Waals surface area contributed by atoms with Crippen LogP contribution in [-0.2, 0) is 0 Å². The first-order valence-electron chi connectivity index (χ1n) is 5.35. The Labute approximate surface area is 101 Å². The molecular weight excluding hydrogens is 229 g/mol. The molecule has 1 N–H and O–H groups in total. The zero-order chi connectivity index (χ0) is 10.8. The van der Waals surface area contributed by atoms with Crippen LogP contribution in [0.1, 0.15) is 31.4 Å². The molecule has 0 saturated heterocycles. The molecule has 1 aromatic carbocycles. The highest BCUT2D eigenvalue weighted by molar-refractivity contribution is 6.33. The van der Waals surface area contributed by atoms with Gasteiger partial charge < -0.3 is 5.32 Å². The predicted molar refractivity (Wildman–Crippen MR) is 65.6 cm³/mol. The maximum absolute atomic E-state index is 6.12. The van der Waals surface area contributed by atoms with E-state index in [9.17, 15) is 0 Å². The third kappa shape index (κ3) is 3.10. The Kier molecular flexibility index (Phi) is 3.55. The van der Waals surface area contributed by atoms with Gasteiger partial charge in [-0.15, -0.1) is 0 Å².